The van der Waals surface area contributed by atoms with Gasteiger partial charge in [-0.3, -0.25) is 4.79 Å². The minimum absolute atomic E-state index is 0.104. The summed E-state index contributed by atoms with van der Waals surface area (Å²) < 4.78 is 13.5. The molecule has 2 aromatic rings. The van der Waals surface area contributed by atoms with Crippen molar-refractivity contribution < 1.29 is 14.3 Å². The Morgan fingerprint density at radius 3 is 2.95 bits per heavy atom. The number of nitrogens with two attached hydrogens (primary N) is 1. The molecule has 1 amide bonds. The molecule has 1 aromatic carbocycles. The van der Waals surface area contributed by atoms with Crippen LogP contribution >= 0.6 is 11.3 Å². The average Bonchev–Trinajstić information content (AvgIpc) is 2.90. The minimum atomic E-state index is -0.756. The highest BCUT2D eigenvalue weighted by Crippen LogP contribution is 2.16. The fourth-order valence-corrected chi connectivity index (χ4v) is 2.40. The van der Waals surface area contributed by atoms with Gasteiger partial charge in [-0.25, -0.2) is 4.39 Å². The Labute approximate surface area is 125 Å². The van der Waals surface area contributed by atoms with Crippen LogP contribution in [0, 0.1) is 17.7 Å². The molecule has 2 rings (SSSR count). The van der Waals surface area contributed by atoms with Gasteiger partial charge in [0.15, 0.2) is 0 Å². The summed E-state index contributed by atoms with van der Waals surface area (Å²) in [5.74, 6) is 4.13. The molecule has 0 bridgehead atoms. The summed E-state index contributed by atoms with van der Waals surface area (Å²) in [6.07, 6.45) is 0. The number of nitrogens with one attached hydrogen (secondary N) is 1. The van der Waals surface area contributed by atoms with Gasteiger partial charge in [-0.1, -0.05) is 11.8 Å². The number of thiophene rings is 1. The van der Waals surface area contributed by atoms with Crippen molar-refractivity contribution in [2.45, 2.75) is 6.54 Å². The van der Waals surface area contributed by atoms with Gasteiger partial charge in [0.25, 0.3) is 5.91 Å². The first-order chi connectivity index (χ1) is 10.1. The second-order valence-electron chi connectivity index (χ2n) is 4.15. The molecule has 0 saturated carbocycles. The standard InChI is InChI=1S/C15H13FN2O2S/c16-14-7-11(19)3-4-13(14)15(20)18-8-12-6-10(9-21-12)2-1-5-17/h3-4,6-7,9,19H,5,8,17H2,(H,18,20). The van der Waals surface area contributed by atoms with E-state index >= 15 is 0 Å². The van der Waals surface area contributed by atoms with E-state index in [-0.39, 0.29) is 17.9 Å². The zero-order valence-electron chi connectivity index (χ0n) is 11.0. The maximum Gasteiger partial charge on any atom is 0.254 e. The predicted octanol–water partition coefficient (Wildman–Crippen LogP) is 1.83. The van der Waals surface area contributed by atoms with Crippen LogP contribution in [0.3, 0.4) is 0 Å². The van der Waals surface area contributed by atoms with Crippen molar-refractivity contribution in [1.29, 1.82) is 0 Å². The average molecular weight is 304 g/mol. The summed E-state index contributed by atoms with van der Waals surface area (Å²) in [5, 5.41) is 13.6. The summed E-state index contributed by atoms with van der Waals surface area (Å²) in [6, 6.07) is 5.26. The summed E-state index contributed by atoms with van der Waals surface area (Å²) >= 11 is 1.45. The first kappa shape index (κ1) is 15.0. The lowest BCUT2D eigenvalue weighted by Gasteiger charge is -2.05. The molecule has 0 spiro atoms. The maximum absolute atomic E-state index is 13.5. The van der Waals surface area contributed by atoms with Crippen molar-refractivity contribution in [2.75, 3.05) is 6.54 Å². The number of benzene rings is 1. The molecular weight excluding hydrogens is 291 g/mol. The Bertz CT molecular complexity index is 716. The van der Waals surface area contributed by atoms with E-state index in [0.717, 1.165) is 16.5 Å². The number of amides is 1. The SMILES string of the molecule is NCC#Cc1csc(CNC(=O)c2ccc(O)cc2F)c1. The molecule has 0 saturated heterocycles. The molecule has 0 atom stereocenters. The minimum Gasteiger partial charge on any atom is -0.508 e. The second-order valence-corrected chi connectivity index (χ2v) is 5.15. The lowest BCUT2D eigenvalue weighted by atomic mass is 10.2. The van der Waals surface area contributed by atoms with E-state index in [1.165, 1.54) is 23.5 Å². The van der Waals surface area contributed by atoms with E-state index in [0.29, 0.717) is 6.54 Å². The normalized spacial score (nSPS) is 9.81. The van der Waals surface area contributed by atoms with Gasteiger partial charge in [0.05, 0.1) is 18.7 Å². The zero-order valence-corrected chi connectivity index (χ0v) is 11.8. The quantitative estimate of drug-likeness (QED) is 0.757. The topological polar surface area (TPSA) is 75.3 Å². The van der Waals surface area contributed by atoms with Crippen LogP contribution in [0.5, 0.6) is 5.75 Å². The zero-order chi connectivity index (χ0) is 15.2. The molecule has 6 heteroatoms. The smallest absolute Gasteiger partial charge is 0.254 e. The third kappa shape index (κ3) is 4.05. The van der Waals surface area contributed by atoms with Gasteiger partial charge in [0, 0.05) is 21.9 Å². The highest BCUT2D eigenvalue weighted by Gasteiger charge is 2.12. The largest absolute Gasteiger partial charge is 0.508 e. The Morgan fingerprint density at radius 1 is 1.43 bits per heavy atom. The molecule has 4 N–H and O–H groups in total. The van der Waals surface area contributed by atoms with Crippen molar-refractivity contribution in [3.63, 3.8) is 0 Å². The molecule has 1 aromatic heterocycles. The van der Waals surface area contributed by atoms with Gasteiger partial charge in [-0.2, -0.15) is 0 Å². The number of rotatable bonds is 3. The number of carbonyl (C=O) groups excluding carboxylic acids is 1. The number of hydrogen-bond donors (Lipinski definition) is 3. The van der Waals surface area contributed by atoms with Crippen molar-refractivity contribution in [3.05, 3.63) is 51.5 Å². The van der Waals surface area contributed by atoms with E-state index in [4.69, 9.17) is 10.8 Å². The highest BCUT2D eigenvalue weighted by atomic mass is 32.1. The van der Waals surface area contributed by atoms with Crippen LogP contribution in [0.4, 0.5) is 4.39 Å². The van der Waals surface area contributed by atoms with Gasteiger partial charge in [0.1, 0.15) is 11.6 Å². The van der Waals surface area contributed by atoms with Crippen LogP contribution in [0.1, 0.15) is 20.8 Å². The molecule has 4 nitrogen and oxygen atoms in total. The molecule has 0 aliphatic carbocycles. The summed E-state index contributed by atoms with van der Waals surface area (Å²) in [4.78, 5) is 12.8. The highest BCUT2D eigenvalue weighted by molar-refractivity contribution is 7.10. The number of carbonyl (C=O) groups is 1. The van der Waals surface area contributed by atoms with Crippen LogP contribution in [0.2, 0.25) is 0 Å². The summed E-state index contributed by atoms with van der Waals surface area (Å²) in [7, 11) is 0. The predicted molar refractivity (Wildman–Crippen MR) is 79.5 cm³/mol. The molecule has 0 aliphatic rings. The molecule has 108 valence electrons. The third-order valence-corrected chi connectivity index (χ3v) is 3.55. The van der Waals surface area contributed by atoms with Gasteiger partial charge in [-0.15, -0.1) is 11.3 Å². The summed E-state index contributed by atoms with van der Waals surface area (Å²) in [5.41, 5.74) is 6.02. The molecular formula is C15H13FN2O2S. The molecule has 21 heavy (non-hydrogen) atoms. The Hall–Kier alpha value is -2.36. The first-order valence-corrected chi connectivity index (χ1v) is 7.01. The van der Waals surface area contributed by atoms with Crippen molar-refractivity contribution in [3.8, 4) is 17.6 Å². The number of aromatic hydroxyl groups is 1. The van der Waals surface area contributed by atoms with Gasteiger partial charge >= 0.3 is 0 Å². The van der Waals surface area contributed by atoms with Gasteiger partial charge < -0.3 is 16.2 Å². The molecule has 0 fully saturated rings. The van der Waals surface area contributed by atoms with Crippen molar-refractivity contribution >= 4 is 17.2 Å². The Kier molecular flexibility index (Phi) is 4.93. The maximum atomic E-state index is 13.5. The van der Waals surface area contributed by atoms with E-state index in [1.54, 1.807) is 0 Å². The molecule has 0 aliphatic heterocycles. The van der Waals surface area contributed by atoms with Crippen molar-refractivity contribution in [2.24, 2.45) is 5.73 Å². The lowest BCUT2D eigenvalue weighted by molar-refractivity contribution is 0.0947. The van der Waals surface area contributed by atoms with E-state index < -0.39 is 11.7 Å². The van der Waals surface area contributed by atoms with Crippen LogP contribution in [0.15, 0.2) is 29.6 Å². The molecule has 1 heterocycles. The van der Waals surface area contributed by atoms with E-state index in [2.05, 4.69) is 17.2 Å². The van der Waals surface area contributed by atoms with Crippen molar-refractivity contribution in [1.82, 2.24) is 5.32 Å². The fraction of sp³-hybridized carbons (Fsp3) is 0.133. The number of hydrogen-bond acceptors (Lipinski definition) is 4. The third-order valence-electron chi connectivity index (χ3n) is 2.61. The number of halogens is 1. The van der Waals surface area contributed by atoms with E-state index in [9.17, 15) is 9.18 Å². The van der Waals surface area contributed by atoms with Crippen LogP contribution in [-0.4, -0.2) is 17.6 Å². The Morgan fingerprint density at radius 2 is 2.24 bits per heavy atom. The van der Waals surface area contributed by atoms with Gasteiger partial charge in [-0.05, 0) is 18.2 Å². The summed E-state index contributed by atoms with van der Waals surface area (Å²) in [6.45, 7) is 0.580. The Balaban J connectivity index is 1.99. The number of phenols is 1. The lowest BCUT2D eigenvalue weighted by Crippen LogP contribution is -2.23. The van der Waals surface area contributed by atoms with Crippen LogP contribution < -0.4 is 11.1 Å². The van der Waals surface area contributed by atoms with Gasteiger partial charge in [0.2, 0.25) is 0 Å². The first-order valence-electron chi connectivity index (χ1n) is 6.13. The second kappa shape index (κ2) is 6.88. The molecule has 0 radical (unpaired) electrons. The molecule has 0 unspecified atom stereocenters. The number of phenolic OH excluding ortho intramolecular Hbond substituents is 1. The van der Waals surface area contributed by atoms with E-state index in [1.807, 2.05) is 11.4 Å². The van der Waals surface area contributed by atoms with Crippen LogP contribution in [0.25, 0.3) is 0 Å². The van der Waals surface area contributed by atoms with Crippen LogP contribution in [-0.2, 0) is 6.54 Å². The monoisotopic (exact) mass is 304 g/mol. The fourth-order valence-electron chi connectivity index (χ4n) is 1.64.